The first-order valence-corrected chi connectivity index (χ1v) is 9.28. The molecule has 25 heavy (non-hydrogen) atoms. The van der Waals surface area contributed by atoms with Crippen molar-refractivity contribution < 1.29 is 38.8 Å². The van der Waals surface area contributed by atoms with Crippen LogP contribution in [-0.2, 0) is 19.9 Å². The highest BCUT2D eigenvalue weighted by molar-refractivity contribution is 7.92. The number of hydrogen-bond acceptors (Lipinski definition) is 4. The number of benzene rings is 2. The van der Waals surface area contributed by atoms with Crippen LogP contribution in [0, 0.1) is 17.5 Å². The first-order valence-electron chi connectivity index (χ1n) is 6.25. The molecule has 0 heterocycles. The number of hydrogen-bond donors (Lipinski definition) is 1. The second-order valence-corrected chi connectivity index (χ2v) is 8.18. The van der Waals surface area contributed by atoms with Gasteiger partial charge in [-0.2, -0.15) is 8.78 Å². The second kappa shape index (κ2) is 6.59. The van der Waals surface area contributed by atoms with E-state index in [-0.39, 0.29) is 5.69 Å². The third kappa shape index (κ3) is 3.74. The Morgan fingerprint density at radius 1 is 0.800 bits per heavy atom. The smallest absolute Gasteiger partial charge is 0.280 e. The minimum absolute atomic E-state index is 0.308. The molecule has 12 heteroatoms. The summed E-state index contributed by atoms with van der Waals surface area (Å²) in [5, 5.41) is 0. The van der Waals surface area contributed by atoms with Gasteiger partial charge < -0.3 is 0 Å². The molecule has 136 valence electrons. The first kappa shape index (κ1) is 19.1. The topological polar surface area (TPSA) is 80.3 Å². The summed E-state index contributed by atoms with van der Waals surface area (Å²) in [5.74, 6) is -9.17. The van der Waals surface area contributed by atoms with Crippen molar-refractivity contribution in [1.82, 2.24) is 0 Å². The Kier molecular flexibility index (Phi) is 5.04. The van der Waals surface area contributed by atoms with Crippen molar-refractivity contribution in [2.75, 3.05) is 4.72 Å². The van der Waals surface area contributed by atoms with Crippen molar-refractivity contribution in [2.45, 2.75) is 15.5 Å². The molecule has 0 saturated carbocycles. The molecule has 0 aromatic heterocycles. The third-order valence-electron chi connectivity index (χ3n) is 2.96. The van der Waals surface area contributed by atoms with Crippen LogP contribution in [0.15, 0.2) is 46.2 Å². The second-order valence-electron chi connectivity index (χ2n) is 4.61. The summed E-state index contributed by atoms with van der Waals surface area (Å²) in [4.78, 5) is -1.94. The molecular weight excluding hydrogens is 393 g/mol. The number of rotatable bonds is 5. The van der Waals surface area contributed by atoms with Crippen LogP contribution in [0.25, 0.3) is 0 Å². The van der Waals surface area contributed by atoms with Crippen LogP contribution in [-0.4, -0.2) is 22.6 Å². The SMILES string of the molecule is O=S(=O)(Nc1ccc(S(=O)(=O)C(F)F)cc1)c1ccc(F)c(F)c1F. The van der Waals surface area contributed by atoms with E-state index in [1.165, 1.54) is 0 Å². The summed E-state index contributed by atoms with van der Waals surface area (Å²) >= 11 is 0. The molecule has 0 atom stereocenters. The fourth-order valence-electron chi connectivity index (χ4n) is 1.74. The molecule has 5 nitrogen and oxygen atoms in total. The van der Waals surface area contributed by atoms with Gasteiger partial charge in [-0.15, -0.1) is 0 Å². The van der Waals surface area contributed by atoms with Gasteiger partial charge in [0.15, 0.2) is 17.5 Å². The van der Waals surface area contributed by atoms with E-state index in [0.29, 0.717) is 24.3 Å². The van der Waals surface area contributed by atoms with Crippen LogP contribution in [0.5, 0.6) is 0 Å². The van der Waals surface area contributed by atoms with E-state index in [1.54, 1.807) is 4.72 Å². The van der Waals surface area contributed by atoms with Crippen molar-refractivity contribution in [3.63, 3.8) is 0 Å². The minimum Gasteiger partial charge on any atom is -0.280 e. The molecule has 0 aliphatic heterocycles. The molecule has 2 aromatic carbocycles. The third-order valence-corrected chi connectivity index (χ3v) is 5.76. The fraction of sp³-hybridized carbons (Fsp3) is 0.0769. The molecular formula is C13H8F5NO4S2. The van der Waals surface area contributed by atoms with Crippen LogP contribution < -0.4 is 4.72 Å². The van der Waals surface area contributed by atoms with E-state index in [4.69, 9.17) is 0 Å². The molecule has 0 aliphatic carbocycles. The minimum atomic E-state index is -4.87. The normalized spacial score (nSPS) is 12.4. The summed E-state index contributed by atoms with van der Waals surface area (Å²) in [6.07, 6.45) is 0. The summed E-state index contributed by atoms with van der Waals surface area (Å²) in [6, 6.07) is 3.99. The average molecular weight is 401 g/mol. The lowest BCUT2D eigenvalue weighted by Gasteiger charge is -2.10. The van der Waals surface area contributed by atoms with Crippen molar-refractivity contribution in [2.24, 2.45) is 0 Å². The highest BCUT2D eigenvalue weighted by atomic mass is 32.2. The van der Waals surface area contributed by atoms with E-state index in [2.05, 4.69) is 0 Å². The van der Waals surface area contributed by atoms with Gasteiger partial charge in [0.1, 0.15) is 4.90 Å². The zero-order chi connectivity index (χ0) is 19.0. The van der Waals surface area contributed by atoms with Crippen molar-refractivity contribution in [3.8, 4) is 0 Å². The van der Waals surface area contributed by atoms with Gasteiger partial charge in [0.2, 0.25) is 9.84 Å². The Hall–Kier alpha value is -2.21. The fourth-order valence-corrected chi connectivity index (χ4v) is 3.59. The molecule has 2 rings (SSSR count). The van der Waals surface area contributed by atoms with E-state index in [9.17, 15) is 38.8 Å². The van der Waals surface area contributed by atoms with Crippen LogP contribution in [0.1, 0.15) is 0 Å². The van der Waals surface area contributed by atoms with Crippen LogP contribution in [0.4, 0.5) is 27.6 Å². The summed E-state index contributed by atoms with van der Waals surface area (Å²) in [6.45, 7) is 0. The number of nitrogens with one attached hydrogen (secondary N) is 1. The highest BCUT2D eigenvalue weighted by Gasteiger charge is 2.27. The van der Waals surface area contributed by atoms with Crippen molar-refractivity contribution in [3.05, 3.63) is 53.8 Å². The molecule has 2 aromatic rings. The van der Waals surface area contributed by atoms with Crippen LogP contribution in [0.2, 0.25) is 0 Å². The molecule has 1 N–H and O–H groups in total. The lowest BCUT2D eigenvalue weighted by atomic mass is 10.3. The number of anilines is 1. The Balaban J connectivity index is 2.35. The predicted molar refractivity (Wildman–Crippen MR) is 76.8 cm³/mol. The lowest BCUT2D eigenvalue weighted by molar-refractivity contribution is 0.234. The maximum atomic E-state index is 13.6. The van der Waals surface area contributed by atoms with E-state index < -0.39 is 52.9 Å². The van der Waals surface area contributed by atoms with Gasteiger partial charge in [0, 0.05) is 5.69 Å². The largest absolute Gasteiger partial charge is 0.341 e. The molecule has 0 amide bonds. The summed E-state index contributed by atoms with van der Waals surface area (Å²) in [7, 11) is -9.55. The number of sulfonamides is 1. The molecule has 0 radical (unpaired) electrons. The van der Waals surface area contributed by atoms with E-state index in [1.807, 2.05) is 0 Å². The van der Waals surface area contributed by atoms with E-state index >= 15 is 0 Å². The van der Waals surface area contributed by atoms with E-state index in [0.717, 1.165) is 12.1 Å². The average Bonchev–Trinajstić information content (AvgIpc) is 2.52. The zero-order valence-electron chi connectivity index (χ0n) is 11.9. The van der Waals surface area contributed by atoms with Gasteiger partial charge in [-0.3, -0.25) is 4.72 Å². The highest BCUT2D eigenvalue weighted by Crippen LogP contribution is 2.24. The van der Waals surface area contributed by atoms with Crippen LogP contribution >= 0.6 is 0 Å². The Morgan fingerprint density at radius 3 is 1.88 bits per heavy atom. The lowest BCUT2D eigenvalue weighted by Crippen LogP contribution is -2.16. The molecule has 0 bridgehead atoms. The standard InChI is InChI=1S/C13H8F5NO4S2/c14-9-5-6-10(12(16)11(9)15)25(22,23)19-7-1-3-8(4-2-7)24(20,21)13(17)18/h1-6,13,19H. The summed E-state index contributed by atoms with van der Waals surface area (Å²) in [5.41, 5.74) is -0.308. The molecule has 0 spiro atoms. The zero-order valence-corrected chi connectivity index (χ0v) is 13.5. The number of sulfone groups is 1. The Morgan fingerprint density at radius 2 is 1.36 bits per heavy atom. The maximum absolute atomic E-state index is 13.6. The molecule has 0 unspecified atom stereocenters. The Labute approximate surface area is 139 Å². The molecule has 0 fully saturated rings. The van der Waals surface area contributed by atoms with Gasteiger partial charge in [0.05, 0.1) is 4.90 Å². The van der Waals surface area contributed by atoms with Gasteiger partial charge in [-0.1, -0.05) is 0 Å². The van der Waals surface area contributed by atoms with Crippen LogP contribution in [0.3, 0.4) is 0 Å². The number of alkyl halides is 2. The first-order chi connectivity index (χ1) is 11.5. The van der Waals surface area contributed by atoms with Crippen molar-refractivity contribution >= 4 is 25.5 Å². The van der Waals surface area contributed by atoms with Gasteiger partial charge >= 0.3 is 5.76 Å². The monoisotopic (exact) mass is 401 g/mol. The summed E-state index contributed by atoms with van der Waals surface area (Å²) < 4.78 is 113. The Bertz CT molecular complexity index is 1010. The quantitative estimate of drug-likeness (QED) is 0.617. The maximum Gasteiger partial charge on any atom is 0.341 e. The van der Waals surface area contributed by atoms with Gasteiger partial charge in [-0.05, 0) is 36.4 Å². The van der Waals surface area contributed by atoms with Gasteiger partial charge in [-0.25, -0.2) is 30.0 Å². The molecule has 0 aliphatic rings. The predicted octanol–water partition coefficient (Wildman–Crippen LogP) is 2.90. The number of halogens is 5. The van der Waals surface area contributed by atoms with Crippen molar-refractivity contribution in [1.29, 1.82) is 0 Å². The van der Waals surface area contributed by atoms with Gasteiger partial charge in [0.25, 0.3) is 10.0 Å². The molecule has 0 saturated heterocycles.